The molecule has 0 radical (unpaired) electrons. The number of anilines is 1. The van der Waals surface area contributed by atoms with Crippen LogP contribution < -0.4 is 30.7 Å². The Morgan fingerprint density at radius 1 is 0.880 bits per heavy atom. The number of hydrogen-bond donors (Lipinski definition) is 3. The van der Waals surface area contributed by atoms with Crippen molar-refractivity contribution in [2.24, 2.45) is 18.7 Å². The maximum Gasteiger partial charge on any atom is 0.329 e. The smallest absolute Gasteiger partial charge is 0.329 e. The first-order valence-electron chi connectivity index (χ1n) is 25.8. The lowest BCUT2D eigenvalue weighted by atomic mass is 9.77. The van der Waals surface area contributed by atoms with Gasteiger partial charge in [-0.3, -0.25) is 29.3 Å². The first kappa shape index (κ1) is 52.2. The monoisotopic (exact) mass is 1060 g/mol. The number of nitrogens with one attached hydrogen (secondary N) is 2. The lowest BCUT2D eigenvalue weighted by Crippen LogP contribution is -2.51. The minimum Gasteiger partial charge on any atom is -0.488 e. The van der Waals surface area contributed by atoms with Crippen LogP contribution in [-0.4, -0.2) is 115 Å². The molecule has 5 aliphatic rings. The highest BCUT2D eigenvalue weighted by Gasteiger charge is 2.50. The number of benzene rings is 4. The number of rotatable bonds is 14. The Kier molecular flexibility index (Phi) is 14.9. The molecule has 2 atom stereocenters. The topological polar surface area (TPSA) is 174 Å². The highest BCUT2D eigenvalue weighted by Crippen LogP contribution is 2.57. The lowest BCUT2D eigenvalue weighted by molar-refractivity contribution is -0.138. The van der Waals surface area contributed by atoms with Crippen LogP contribution in [0.4, 0.5) is 28.2 Å². The second-order valence-corrected chi connectivity index (χ2v) is 20.9. The van der Waals surface area contributed by atoms with Gasteiger partial charge in [-0.15, -0.1) is 0 Å². The molecule has 4 N–H and O–H groups in total. The Hall–Kier alpha value is -6.28. The number of hydrogen-bond acceptors (Lipinski definition) is 10. The standard InChI is InChI=1S/C55H61ClF4N8O7/c1-30-43-41(28-39(58)47(56)46(43)45-36(51(61)70)13-14-40(48(45)59)74-26-25-73-3)75-55(30,33-7-5-4-6-8-33)29-62-34-11-9-32(10-12-34)53(71)67-22-17-35(18-23-67)66-20-15-31(16-21-66)44-38(57)27-37-50(49(44)60)65(2)64-52(37)68-24-19-42(69)63-54(68)72/h4-8,13-14,27-28,30-32,34-35,62H,9-12,15-26,29H2,1-3H3,(H2,61,70)(H,63,69,72). The van der Waals surface area contributed by atoms with Crippen molar-refractivity contribution in [3.05, 3.63) is 105 Å². The summed E-state index contributed by atoms with van der Waals surface area (Å²) in [6.07, 6.45) is 5.63. The SMILES string of the molecule is COCCOc1ccc(C(N)=O)c(-c2c(Cl)c(F)cc3c2C(C)C(CNC2CCC(C(=O)N4CCC(N5CCC(c6c(F)cc7c(N8CCC(=O)NC8=O)nn(C)c7c6F)CC5)CC4)CC2)(c2ccccc2)O3)c1F. The molecule has 4 aromatic carbocycles. The summed E-state index contributed by atoms with van der Waals surface area (Å²) in [6.45, 7) is 5.02. The highest BCUT2D eigenvalue weighted by atomic mass is 35.5. The van der Waals surface area contributed by atoms with Gasteiger partial charge >= 0.3 is 6.03 Å². The summed E-state index contributed by atoms with van der Waals surface area (Å²) >= 11 is 6.76. The molecule has 10 rings (SSSR count). The number of nitrogens with two attached hydrogens (primary N) is 1. The first-order chi connectivity index (χ1) is 36.1. The molecule has 1 aromatic heterocycles. The van der Waals surface area contributed by atoms with Crippen molar-refractivity contribution in [1.29, 1.82) is 0 Å². The molecule has 5 amide bonds. The Morgan fingerprint density at radius 2 is 1.60 bits per heavy atom. The average Bonchev–Trinajstić information content (AvgIpc) is 3.89. The molecule has 5 aromatic rings. The number of urea groups is 1. The van der Waals surface area contributed by atoms with Gasteiger partial charge in [-0.25, -0.2) is 22.4 Å². The van der Waals surface area contributed by atoms with Gasteiger partial charge in [0.15, 0.2) is 28.8 Å². The van der Waals surface area contributed by atoms with E-state index in [-0.39, 0.29) is 118 Å². The van der Waals surface area contributed by atoms with Gasteiger partial charge < -0.3 is 35.1 Å². The van der Waals surface area contributed by atoms with E-state index in [2.05, 4.69) is 20.6 Å². The predicted octanol–water partition coefficient (Wildman–Crippen LogP) is 8.43. The Balaban J connectivity index is 0.759. The van der Waals surface area contributed by atoms with E-state index in [1.54, 1.807) is 7.05 Å². The number of halogens is 5. The summed E-state index contributed by atoms with van der Waals surface area (Å²) in [6, 6.07) is 14.2. The van der Waals surface area contributed by atoms with Crippen molar-refractivity contribution in [1.82, 2.24) is 30.2 Å². The molecule has 398 valence electrons. The zero-order valence-electron chi connectivity index (χ0n) is 42.2. The maximum absolute atomic E-state index is 16.6. The van der Waals surface area contributed by atoms with Gasteiger partial charge in [0.1, 0.15) is 29.5 Å². The third-order valence-electron chi connectivity index (χ3n) is 16.4. The largest absolute Gasteiger partial charge is 0.488 e. The van der Waals surface area contributed by atoms with Gasteiger partial charge in [-0.05, 0) is 94.1 Å². The predicted molar refractivity (Wildman–Crippen MR) is 273 cm³/mol. The van der Waals surface area contributed by atoms with Gasteiger partial charge in [-0.1, -0.05) is 48.9 Å². The van der Waals surface area contributed by atoms with Crippen LogP contribution in [0.25, 0.3) is 22.0 Å². The van der Waals surface area contributed by atoms with Crippen molar-refractivity contribution < 1.29 is 51.0 Å². The zero-order chi connectivity index (χ0) is 52.9. The molecule has 3 saturated heterocycles. The van der Waals surface area contributed by atoms with Crippen LogP contribution in [-0.2, 0) is 27.0 Å². The number of methoxy groups -OCH3 is 1. The first-order valence-corrected chi connectivity index (χ1v) is 26.2. The normalized spacial score (nSPS) is 22.9. The average molecular weight is 1060 g/mol. The Bertz CT molecular complexity index is 3030. The summed E-state index contributed by atoms with van der Waals surface area (Å²) in [5, 5.41) is 10.1. The van der Waals surface area contributed by atoms with Gasteiger partial charge in [0, 0.05) is 99.0 Å². The summed E-state index contributed by atoms with van der Waals surface area (Å²) in [5.41, 5.74) is 5.50. The van der Waals surface area contributed by atoms with Gasteiger partial charge in [-0.2, -0.15) is 5.10 Å². The number of ether oxygens (including phenoxy) is 3. The summed E-state index contributed by atoms with van der Waals surface area (Å²) in [4.78, 5) is 56.8. The van der Waals surface area contributed by atoms with Crippen LogP contribution in [0.5, 0.6) is 11.5 Å². The number of aryl methyl sites for hydroxylation is 1. The van der Waals surface area contributed by atoms with Crippen molar-refractivity contribution in [3.8, 4) is 22.6 Å². The molecule has 20 heteroatoms. The number of primary amides is 1. The van der Waals surface area contributed by atoms with E-state index >= 15 is 17.6 Å². The van der Waals surface area contributed by atoms with Crippen LogP contribution in [0.1, 0.15) is 104 Å². The molecule has 0 bridgehead atoms. The molecule has 4 aliphatic heterocycles. The van der Waals surface area contributed by atoms with Crippen molar-refractivity contribution in [2.75, 3.05) is 64.5 Å². The summed E-state index contributed by atoms with van der Waals surface area (Å²) < 4.78 is 83.6. The van der Waals surface area contributed by atoms with Crippen molar-refractivity contribution in [2.45, 2.75) is 94.2 Å². The third-order valence-corrected chi connectivity index (χ3v) is 16.8. The van der Waals surface area contributed by atoms with Gasteiger partial charge in [0.2, 0.25) is 17.7 Å². The van der Waals surface area contributed by atoms with Gasteiger partial charge in [0.05, 0.1) is 22.6 Å². The quantitative estimate of drug-likeness (QED) is 0.0724. The number of fused-ring (bicyclic) bond motifs is 2. The van der Waals surface area contributed by atoms with E-state index in [0.717, 1.165) is 31.2 Å². The van der Waals surface area contributed by atoms with Crippen LogP contribution in [0.15, 0.2) is 54.6 Å². The van der Waals surface area contributed by atoms with E-state index in [1.165, 1.54) is 41.0 Å². The number of nitrogens with zero attached hydrogens (tertiary/aromatic N) is 5. The molecule has 1 aliphatic carbocycles. The fraction of sp³-hybridized carbons (Fsp3) is 0.473. The number of amides is 5. The van der Waals surface area contributed by atoms with E-state index in [0.29, 0.717) is 57.4 Å². The van der Waals surface area contributed by atoms with E-state index < -0.39 is 52.6 Å². The molecule has 0 spiro atoms. The van der Waals surface area contributed by atoms with E-state index in [4.69, 9.17) is 31.5 Å². The Morgan fingerprint density at radius 3 is 2.28 bits per heavy atom. The van der Waals surface area contributed by atoms with Gasteiger partial charge in [0.25, 0.3) is 0 Å². The second kappa shape index (κ2) is 21.4. The fourth-order valence-electron chi connectivity index (χ4n) is 12.4. The Labute approximate surface area is 436 Å². The number of imide groups is 1. The van der Waals surface area contributed by atoms with Crippen LogP contribution in [0.3, 0.4) is 0 Å². The molecule has 2 unspecified atom stereocenters. The number of carbonyl (C=O) groups is 4. The van der Waals surface area contributed by atoms with E-state index in [1.807, 2.05) is 42.2 Å². The molecule has 5 heterocycles. The maximum atomic E-state index is 16.6. The fourth-order valence-corrected chi connectivity index (χ4v) is 12.6. The molecular weight excluding hydrogens is 996 g/mol. The lowest BCUT2D eigenvalue weighted by Gasteiger charge is -2.43. The van der Waals surface area contributed by atoms with E-state index in [9.17, 15) is 19.2 Å². The molecule has 15 nitrogen and oxygen atoms in total. The molecule has 75 heavy (non-hydrogen) atoms. The number of aromatic nitrogens is 2. The molecule has 4 fully saturated rings. The van der Waals surface area contributed by atoms with Crippen LogP contribution >= 0.6 is 11.6 Å². The summed E-state index contributed by atoms with van der Waals surface area (Å²) in [7, 11) is 3.04. The minimum atomic E-state index is -1.12. The number of piperidine rings is 2. The summed E-state index contributed by atoms with van der Waals surface area (Å²) in [5.74, 6) is -5.30. The van der Waals surface area contributed by atoms with Crippen LogP contribution in [0.2, 0.25) is 5.02 Å². The van der Waals surface area contributed by atoms with Crippen molar-refractivity contribution in [3.63, 3.8) is 0 Å². The minimum absolute atomic E-state index is 0.0147. The molecule has 1 saturated carbocycles. The number of likely N-dealkylation sites (tertiary alicyclic amines) is 2. The highest BCUT2D eigenvalue weighted by molar-refractivity contribution is 6.34. The molecular formula is C55H61ClF4N8O7. The van der Waals surface area contributed by atoms with Crippen LogP contribution in [0, 0.1) is 29.2 Å². The van der Waals surface area contributed by atoms with Crippen molar-refractivity contribution >= 4 is 52.1 Å². The zero-order valence-corrected chi connectivity index (χ0v) is 42.9. The second-order valence-electron chi connectivity index (χ2n) is 20.5. The number of carbonyl (C=O) groups excluding carboxylic acids is 4. The third kappa shape index (κ3) is 9.69.